The lowest BCUT2D eigenvalue weighted by Crippen LogP contribution is -2.33. The highest BCUT2D eigenvalue weighted by Gasteiger charge is 2.35. The number of hydrogen-bond donors (Lipinski definition) is 1. The summed E-state index contributed by atoms with van der Waals surface area (Å²) in [7, 11) is 0. The summed E-state index contributed by atoms with van der Waals surface area (Å²) in [6, 6.07) is 19.7. The smallest absolute Gasteiger partial charge is 0.258 e. The number of nitriles is 1. The van der Waals surface area contributed by atoms with Gasteiger partial charge < -0.3 is 15.0 Å². The Morgan fingerprint density at radius 1 is 1.17 bits per heavy atom. The highest BCUT2D eigenvalue weighted by Crippen LogP contribution is 2.41. The molecular weight excluding hydrogens is 381 g/mol. The molecule has 1 atom stereocenters. The number of allylic oxidation sites excluding steroid dienone is 1. The van der Waals surface area contributed by atoms with Gasteiger partial charge in [0.15, 0.2) is 0 Å². The molecule has 150 valence electrons. The van der Waals surface area contributed by atoms with Crippen LogP contribution in [0.5, 0.6) is 5.75 Å². The highest BCUT2D eigenvalue weighted by molar-refractivity contribution is 5.55. The van der Waals surface area contributed by atoms with Crippen LogP contribution < -0.4 is 16.0 Å². The first-order valence-electron chi connectivity index (χ1n) is 9.61. The van der Waals surface area contributed by atoms with Crippen LogP contribution in [0.15, 0.2) is 76.9 Å². The first kappa shape index (κ1) is 19.5. The first-order chi connectivity index (χ1) is 14.5. The van der Waals surface area contributed by atoms with E-state index in [1.807, 2.05) is 43.3 Å². The molecular formula is C24H20FN3O2. The van der Waals surface area contributed by atoms with E-state index < -0.39 is 11.7 Å². The van der Waals surface area contributed by atoms with Crippen LogP contribution in [0.3, 0.4) is 0 Å². The zero-order valence-corrected chi connectivity index (χ0v) is 16.4. The van der Waals surface area contributed by atoms with Crippen LogP contribution in [0.4, 0.5) is 4.39 Å². The van der Waals surface area contributed by atoms with E-state index in [2.05, 4.69) is 0 Å². The Labute approximate surface area is 173 Å². The summed E-state index contributed by atoms with van der Waals surface area (Å²) < 4.78 is 21.9. The van der Waals surface area contributed by atoms with Gasteiger partial charge in [-0.3, -0.25) is 4.79 Å². The van der Waals surface area contributed by atoms with Crippen molar-refractivity contribution in [2.75, 3.05) is 0 Å². The second-order valence-electron chi connectivity index (χ2n) is 7.20. The minimum atomic E-state index is -0.920. The predicted molar refractivity (Wildman–Crippen MR) is 111 cm³/mol. The van der Waals surface area contributed by atoms with E-state index in [0.717, 1.165) is 5.56 Å². The summed E-state index contributed by atoms with van der Waals surface area (Å²) in [6.07, 6.45) is 0.661. The van der Waals surface area contributed by atoms with Crippen molar-refractivity contribution in [3.8, 4) is 11.8 Å². The number of benzene rings is 2. The monoisotopic (exact) mass is 401 g/mol. The van der Waals surface area contributed by atoms with Crippen LogP contribution in [0.1, 0.15) is 28.3 Å². The molecule has 0 bridgehead atoms. The van der Waals surface area contributed by atoms with Crippen molar-refractivity contribution in [1.82, 2.24) is 4.57 Å². The molecule has 0 radical (unpaired) electrons. The number of aromatic nitrogens is 1. The number of aryl methyl sites for hydroxylation is 2. The van der Waals surface area contributed by atoms with Crippen LogP contribution in [0, 0.1) is 24.1 Å². The third-order valence-corrected chi connectivity index (χ3v) is 5.37. The molecule has 0 saturated carbocycles. The molecule has 0 amide bonds. The molecule has 2 heterocycles. The lowest BCUT2D eigenvalue weighted by atomic mass is 9.83. The Hall–Kier alpha value is -3.85. The molecule has 4 rings (SSSR count). The highest BCUT2D eigenvalue weighted by atomic mass is 19.1. The van der Waals surface area contributed by atoms with E-state index in [1.54, 1.807) is 28.8 Å². The topological polar surface area (TPSA) is 81.0 Å². The number of ether oxygens (including phenoxy) is 1. The third-order valence-electron chi connectivity index (χ3n) is 5.37. The summed E-state index contributed by atoms with van der Waals surface area (Å²) in [5, 5.41) is 9.68. The second kappa shape index (κ2) is 7.88. The van der Waals surface area contributed by atoms with Gasteiger partial charge >= 0.3 is 0 Å². The maximum atomic E-state index is 14.7. The van der Waals surface area contributed by atoms with Crippen LogP contribution in [0.25, 0.3) is 0 Å². The molecule has 3 aromatic rings. The van der Waals surface area contributed by atoms with Gasteiger partial charge in [-0.1, -0.05) is 48.5 Å². The second-order valence-corrected chi connectivity index (χ2v) is 7.20. The van der Waals surface area contributed by atoms with Gasteiger partial charge in [0.25, 0.3) is 5.56 Å². The summed E-state index contributed by atoms with van der Waals surface area (Å²) in [5.74, 6) is -1.28. The van der Waals surface area contributed by atoms with Crippen molar-refractivity contribution in [2.24, 2.45) is 5.73 Å². The van der Waals surface area contributed by atoms with Gasteiger partial charge in [-0.05, 0) is 25.0 Å². The number of nitrogens with two attached hydrogens (primary N) is 1. The summed E-state index contributed by atoms with van der Waals surface area (Å²) >= 11 is 0. The minimum absolute atomic E-state index is 0.0307. The van der Waals surface area contributed by atoms with Gasteiger partial charge in [0, 0.05) is 23.9 Å². The van der Waals surface area contributed by atoms with Crippen molar-refractivity contribution in [3.63, 3.8) is 0 Å². The zero-order valence-electron chi connectivity index (χ0n) is 16.4. The quantitative estimate of drug-likeness (QED) is 0.722. The van der Waals surface area contributed by atoms with Gasteiger partial charge in [-0.2, -0.15) is 5.26 Å². The zero-order chi connectivity index (χ0) is 21.3. The van der Waals surface area contributed by atoms with E-state index >= 15 is 0 Å². The lowest BCUT2D eigenvalue weighted by Gasteiger charge is -2.27. The van der Waals surface area contributed by atoms with Gasteiger partial charge in [-0.15, -0.1) is 0 Å². The minimum Gasteiger partial charge on any atom is -0.440 e. The fourth-order valence-corrected chi connectivity index (χ4v) is 3.87. The average Bonchev–Trinajstić information content (AvgIpc) is 2.74. The van der Waals surface area contributed by atoms with Crippen LogP contribution >= 0.6 is 0 Å². The van der Waals surface area contributed by atoms with Gasteiger partial charge in [0.2, 0.25) is 5.88 Å². The molecule has 5 nitrogen and oxygen atoms in total. The van der Waals surface area contributed by atoms with Gasteiger partial charge in [-0.25, -0.2) is 4.39 Å². The number of pyridine rings is 1. The van der Waals surface area contributed by atoms with Crippen molar-refractivity contribution < 1.29 is 9.13 Å². The van der Waals surface area contributed by atoms with E-state index in [4.69, 9.17) is 10.5 Å². The van der Waals surface area contributed by atoms with Crippen molar-refractivity contribution in [1.29, 1.82) is 5.26 Å². The Kier molecular flexibility index (Phi) is 5.11. The Morgan fingerprint density at radius 2 is 1.87 bits per heavy atom. The van der Waals surface area contributed by atoms with Crippen LogP contribution in [-0.2, 0) is 13.0 Å². The number of nitrogens with zero attached hydrogens (tertiary/aromatic N) is 2. The standard InChI is InChI=1S/C24H20FN3O2/c1-15-13-20-22(24(29)28(15)12-11-16-7-3-2-4-8-16)21(18(14-26)23(27)30-20)17-9-5-6-10-19(17)25/h2-10,13,21H,11-12,27H2,1H3/t21-/m0/s1. The normalized spacial score (nSPS) is 15.3. The van der Waals surface area contributed by atoms with Gasteiger partial charge in [0.1, 0.15) is 23.2 Å². The van der Waals surface area contributed by atoms with E-state index in [1.165, 1.54) is 6.07 Å². The molecule has 30 heavy (non-hydrogen) atoms. The van der Waals surface area contributed by atoms with E-state index in [-0.39, 0.29) is 33.9 Å². The van der Waals surface area contributed by atoms with Gasteiger partial charge in [0.05, 0.1) is 11.5 Å². The molecule has 0 saturated heterocycles. The largest absolute Gasteiger partial charge is 0.440 e. The summed E-state index contributed by atoms with van der Waals surface area (Å²) in [5.41, 5.74) is 7.93. The van der Waals surface area contributed by atoms with E-state index in [9.17, 15) is 14.4 Å². The molecule has 0 fully saturated rings. The number of halogens is 1. The fourth-order valence-electron chi connectivity index (χ4n) is 3.87. The summed E-state index contributed by atoms with van der Waals surface area (Å²) in [4.78, 5) is 13.5. The molecule has 0 unspecified atom stereocenters. The SMILES string of the molecule is Cc1cc2c(c(=O)n1CCc1ccccc1)[C@@H](c1ccccc1F)C(C#N)=C(N)O2. The number of fused-ring (bicyclic) bond motifs is 1. The molecule has 1 aliphatic rings. The molecule has 1 aromatic heterocycles. The van der Waals surface area contributed by atoms with Crippen molar-refractivity contribution >= 4 is 0 Å². The number of rotatable bonds is 4. The molecule has 1 aliphatic heterocycles. The predicted octanol–water partition coefficient (Wildman–Crippen LogP) is 3.76. The molecule has 2 N–H and O–H groups in total. The molecule has 0 spiro atoms. The van der Waals surface area contributed by atoms with Crippen molar-refractivity contribution in [2.45, 2.75) is 25.8 Å². The summed E-state index contributed by atoms with van der Waals surface area (Å²) in [6.45, 7) is 2.26. The van der Waals surface area contributed by atoms with E-state index in [0.29, 0.717) is 18.7 Å². The molecule has 6 heteroatoms. The molecule has 0 aliphatic carbocycles. The van der Waals surface area contributed by atoms with Crippen molar-refractivity contribution in [3.05, 3.63) is 111 Å². The maximum Gasteiger partial charge on any atom is 0.258 e. The molecule has 2 aromatic carbocycles. The van der Waals surface area contributed by atoms with Crippen LogP contribution in [-0.4, -0.2) is 4.57 Å². The number of hydrogen-bond acceptors (Lipinski definition) is 4. The third kappa shape index (κ3) is 3.35. The van der Waals surface area contributed by atoms with Crippen LogP contribution in [0.2, 0.25) is 0 Å². The maximum absolute atomic E-state index is 14.7. The Bertz CT molecular complexity index is 1240. The Balaban J connectivity index is 1.86. The Morgan fingerprint density at radius 3 is 2.57 bits per heavy atom. The lowest BCUT2D eigenvalue weighted by molar-refractivity contribution is 0.387. The first-order valence-corrected chi connectivity index (χ1v) is 9.61. The fraction of sp³-hybridized carbons (Fsp3) is 0.167. The average molecular weight is 401 g/mol.